The number of nitrogens with zero attached hydrogens (tertiary/aromatic N) is 4. The molecule has 2 aromatic carbocycles. The van der Waals surface area contributed by atoms with Gasteiger partial charge in [0.1, 0.15) is 16.2 Å². The molecule has 0 amide bonds. The van der Waals surface area contributed by atoms with E-state index in [0.29, 0.717) is 17.1 Å². The summed E-state index contributed by atoms with van der Waals surface area (Å²) >= 11 is 1.45. The molecule has 0 saturated heterocycles. The van der Waals surface area contributed by atoms with E-state index in [4.69, 9.17) is 13.8 Å². The third-order valence-corrected chi connectivity index (χ3v) is 5.80. The van der Waals surface area contributed by atoms with E-state index in [9.17, 15) is 10.1 Å². The average molecular weight is 458 g/mol. The van der Waals surface area contributed by atoms with Gasteiger partial charge in [0.15, 0.2) is 11.5 Å². The molecule has 0 aliphatic heterocycles. The monoisotopic (exact) mass is 458 g/mol. The molecule has 0 fully saturated rings. The molecule has 5 aromatic rings. The molecule has 8 nitrogen and oxygen atoms in total. The maximum absolute atomic E-state index is 10.9. The van der Waals surface area contributed by atoms with Gasteiger partial charge in [0, 0.05) is 17.3 Å². The lowest BCUT2D eigenvalue weighted by Gasteiger charge is -2.00. The Hall–Kier alpha value is -4.24. The van der Waals surface area contributed by atoms with Crippen LogP contribution < -0.4 is 4.80 Å². The number of furan rings is 2. The fraction of sp³-hybridized carbons (Fsp3) is 0.0833. The molecule has 0 radical (unpaired) electrons. The highest BCUT2D eigenvalue weighted by atomic mass is 32.1. The van der Waals surface area contributed by atoms with E-state index in [-0.39, 0.29) is 11.6 Å². The van der Waals surface area contributed by atoms with Gasteiger partial charge < -0.3 is 8.83 Å². The van der Waals surface area contributed by atoms with Gasteiger partial charge in [-0.25, -0.2) is 4.68 Å². The number of rotatable bonds is 7. The largest absolute Gasteiger partial charge is 0.454 e. The maximum Gasteiger partial charge on any atom is 0.433 e. The van der Waals surface area contributed by atoms with Gasteiger partial charge in [-0.3, -0.25) is 15.1 Å². The summed E-state index contributed by atoms with van der Waals surface area (Å²) in [6.07, 6.45) is 2.23. The molecule has 5 rings (SSSR count). The van der Waals surface area contributed by atoms with Crippen molar-refractivity contribution in [3.05, 3.63) is 104 Å². The molecule has 0 atom stereocenters. The minimum atomic E-state index is -0.584. The van der Waals surface area contributed by atoms with Crippen molar-refractivity contribution in [2.45, 2.75) is 6.42 Å². The number of hydrogen-bond donors (Lipinski definition) is 0. The molecule has 33 heavy (non-hydrogen) atoms. The molecular formula is C24H18N4O4S. The summed E-state index contributed by atoms with van der Waals surface area (Å²) in [4.78, 5) is 15.7. The van der Waals surface area contributed by atoms with Crippen molar-refractivity contribution in [1.29, 1.82) is 0 Å². The average Bonchev–Trinajstić information content (AvgIpc) is 3.56. The fourth-order valence-electron chi connectivity index (χ4n) is 3.35. The van der Waals surface area contributed by atoms with Crippen molar-refractivity contribution in [3.63, 3.8) is 0 Å². The summed E-state index contributed by atoms with van der Waals surface area (Å²) in [5.41, 5.74) is 2.71. The first-order valence-corrected chi connectivity index (χ1v) is 11.1. The summed E-state index contributed by atoms with van der Waals surface area (Å²) in [6, 6.07) is 22.7. The minimum Gasteiger partial charge on any atom is -0.454 e. The molecule has 3 aromatic heterocycles. The number of nitro groups is 1. The highest BCUT2D eigenvalue weighted by Crippen LogP contribution is 2.28. The predicted molar refractivity (Wildman–Crippen MR) is 126 cm³/mol. The molecule has 0 unspecified atom stereocenters. The lowest BCUT2D eigenvalue weighted by atomic mass is 10.2. The van der Waals surface area contributed by atoms with Crippen LogP contribution in [0.3, 0.4) is 0 Å². The third kappa shape index (κ3) is 4.53. The number of aromatic nitrogens is 1. The Balaban J connectivity index is 1.51. The van der Waals surface area contributed by atoms with Gasteiger partial charge in [-0.2, -0.15) is 5.10 Å². The first-order chi connectivity index (χ1) is 16.2. The van der Waals surface area contributed by atoms with Crippen LogP contribution in [0.25, 0.3) is 22.4 Å². The van der Waals surface area contributed by atoms with Crippen molar-refractivity contribution in [3.8, 4) is 11.5 Å². The Morgan fingerprint density at radius 3 is 2.64 bits per heavy atom. The van der Waals surface area contributed by atoms with Gasteiger partial charge in [-0.1, -0.05) is 48.5 Å². The van der Waals surface area contributed by atoms with Crippen LogP contribution in [-0.2, 0) is 6.42 Å². The third-order valence-electron chi connectivity index (χ3n) is 4.95. The van der Waals surface area contributed by atoms with E-state index in [0.717, 1.165) is 23.1 Å². The van der Waals surface area contributed by atoms with Crippen LogP contribution in [0.5, 0.6) is 0 Å². The van der Waals surface area contributed by atoms with Crippen molar-refractivity contribution in [2.75, 3.05) is 6.54 Å². The highest BCUT2D eigenvalue weighted by Gasteiger charge is 2.14. The van der Waals surface area contributed by atoms with Gasteiger partial charge in [-0.15, -0.1) is 11.3 Å². The molecule has 0 bridgehead atoms. The van der Waals surface area contributed by atoms with Crippen LogP contribution in [0, 0.1) is 10.1 Å². The normalized spacial score (nSPS) is 12.2. The molecule has 3 heterocycles. The molecule has 0 aliphatic rings. The standard InChI is InChI=1S/C24H18N4O4S/c29-28(30)23-11-10-19(31-23)15-26-27-20(22-14-18-8-4-5-9-21(18)32-22)16-33-24(27)25-13-12-17-6-2-1-3-7-17/h1-11,14-16H,12-13H2. The maximum atomic E-state index is 10.9. The Kier molecular flexibility index (Phi) is 5.69. The van der Waals surface area contributed by atoms with E-state index >= 15 is 0 Å². The van der Waals surface area contributed by atoms with Crippen LogP contribution in [-0.4, -0.2) is 22.4 Å². The number of para-hydroxylation sites is 1. The number of benzene rings is 2. The van der Waals surface area contributed by atoms with Crippen molar-refractivity contribution in [1.82, 2.24) is 4.68 Å². The second-order valence-electron chi connectivity index (χ2n) is 7.16. The zero-order valence-corrected chi connectivity index (χ0v) is 18.1. The fourth-order valence-corrected chi connectivity index (χ4v) is 4.19. The van der Waals surface area contributed by atoms with Crippen LogP contribution in [0.15, 0.2) is 97.1 Å². The Labute approximate surface area is 191 Å². The lowest BCUT2D eigenvalue weighted by molar-refractivity contribution is -0.402. The SMILES string of the molecule is O=[N+]([O-])c1ccc(C=Nn2c(-c3cc4ccccc4o3)csc2=NCCc2ccccc2)o1. The number of hydrogen-bond acceptors (Lipinski definition) is 7. The van der Waals surface area contributed by atoms with E-state index in [2.05, 4.69) is 17.2 Å². The van der Waals surface area contributed by atoms with Crippen molar-refractivity contribution < 1.29 is 13.8 Å². The molecule has 0 spiro atoms. The lowest BCUT2D eigenvalue weighted by Crippen LogP contribution is -2.13. The highest BCUT2D eigenvalue weighted by molar-refractivity contribution is 7.07. The Morgan fingerprint density at radius 2 is 1.85 bits per heavy atom. The summed E-state index contributed by atoms with van der Waals surface area (Å²) in [6.45, 7) is 0.589. The van der Waals surface area contributed by atoms with Crippen molar-refractivity contribution >= 4 is 34.4 Å². The van der Waals surface area contributed by atoms with Gasteiger partial charge in [0.25, 0.3) is 0 Å². The summed E-state index contributed by atoms with van der Waals surface area (Å²) in [5.74, 6) is 0.586. The molecule has 0 N–H and O–H groups in total. The molecule has 164 valence electrons. The predicted octanol–water partition coefficient (Wildman–Crippen LogP) is 5.49. The van der Waals surface area contributed by atoms with Crippen LogP contribution in [0.4, 0.5) is 5.88 Å². The molecule has 9 heteroatoms. The summed E-state index contributed by atoms with van der Waals surface area (Å²) in [7, 11) is 0. The Morgan fingerprint density at radius 1 is 1.03 bits per heavy atom. The number of thiazole rings is 1. The summed E-state index contributed by atoms with van der Waals surface area (Å²) in [5, 5.41) is 18.3. The second kappa shape index (κ2) is 9.09. The van der Waals surface area contributed by atoms with Crippen LogP contribution in [0.1, 0.15) is 11.3 Å². The van der Waals surface area contributed by atoms with Gasteiger partial charge >= 0.3 is 5.88 Å². The topological polar surface area (TPSA) is 99.1 Å². The molecule has 0 aliphatic carbocycles. The van der Waals surface area contributed by atoms with Gasteiger partial charge in [0.05, 0.1) is 12.3 Å². The van der Waals surface area contributed by atoms with Crippen LogP contribution >= 0.6 is 11.3 Å². The van der Waals surface area contributed by atoms with Gasteiger partial charge in [0.2, 0.25) is 4.80 Å². The zero-order valence-electron chi connectivity index (χ0n) is 17.3. The van der Waals surface area contributed by atoms with Crippen LogP contribution in [0.2, 0.25) is 0 Å². The van der Waals surface area contributed by atoms with E-state index < -0.39 is 4.92 Å². The quantitative estimate of drug-likeness (QED) is 0.183. The minimum absolute atomic E-state index is 0.270. The van der Waals surface area contributed by atoms with Gasteiger partial charge in [-0.05, 0) is 30.2 Å². The first kappa shape index (κ1) is 20.7. The first-order valence-electron chi connectivity index (χ1n) is 10.2. The zero-order chi connectivity index (χ0) is 22.6. The van der Waals surface area contributed by atoms with E-state index in [1.54, 1.807) is 4.68 Å². The van der Waals surface area contributed by atoms with E-state index in [1.165, 1.54) is 35.2 Å². The number of fused-ring (bicyclic) bond motifs is 1. The van der Waals surface area contributed by atoms with Crippen molar-refractivity contribution in [2.24, 2.45) is 10.1 Å². The Bertz CT molecular complexity index is 1480. The smallest absolute Gasteiger partial charge is 0.433 e. The van der Waals surface area contributed by atoms with E-state index in [1.807, 2.05) is 53.9 Å². The molecule has 0 saturated carbocycles. The summed E-state index contributed by atoms with van der Waals surface area (Å²) < 4.78 is 12.9. The second-order valence-corrected chi connectivity index (χ2v) is 8.00. The molecular weight excluding hydrogens is 440 g/mol.